The summed E-state index contributed by atoms with van der Waals surface area (Å²) in [6.07, 6.45) is 22.2. The molecule has 0 bridgehead atoms. The predicted octanol–water partition coefficient (Wildman–Crippen LogP) is 6.60. The Kier molecular flexibility index (Phi) is 20.4. The van der Waals surface area contributed by atoms with Crippen molar-refractivity contribution >= 4 is 23.7 Å². The molecule has 0 spiro atoms. The number of hydrogen-bond acceptors (Lipinski definition) is 2. The number of amides is 1. The third kappa shape index (κ3) is 21.5. The van der Waals surface area contributed by atoms with Gasteiger partial charge >= 0.3 is 0 Å². The molecule has 0 atom stereocenters. The van der Waals surface area contributed by atoms with Crippen molar-refractivity contribution in [1.82, 2.24) is 5.32 Å². The van der Waals surface area contributed by atoms with Crippen molar-refractivity contribution in [3.63, 3.8) is 0 Å². The first kappa shape index (κ1) is 25.5. The summed E-state index contributed by atoms with van der Waals surface area (Å²) in [7, 11) is 0. The highest BCUT2D eigenvalue weighted by Gasteiger charge is 2.02. The van der Waals surface area contributed by atoms with Gasteiger partial charge in [0.1, 0.15) is 0 Å². The van der Waals surface area contributed by atoms with E-state index in [4.69, 9.17) is 0 Å². The molecule has 0 aliphatic rings. The molecule has 0 saturated heterocycles. The molecule has 0 aliphatic heterocycles. The van der Waals surface area contributed by atoms with Crippen molar-refractivity contribution in [2.45, 2.75) is 122 Å². The minimum Gasteiger partial charge on any atom is -0.356 e. The van der Waals surface area contributed by atoms with Crippen molar-refractivity contribution < 1.29 is 9.59 Å². The second-order valence-corrected chi connectivity index (χ2v) is 8.05. The Balaban J connectivity index is 3.09. The Labute approximate surface area is 167 Å². The molecule has 0 fully saturated rings. The van der Waals surface area contributed by atoms with Gasteiger partial charge in [-0.3, -0.25) is 9.59 Å². The first-order chi connectivity index (χ1) is 12.7. The molecule has 4 heteroatoms. The highest BCUT2D eigenvalue weighted by atomic mass is 32.1. The highest BCUT2D eigenvalue weighted by molar-refractivity contribution is 7.96. The van der Waals surface area contributed by atoms with Gasteiger partial charge in [-0.2, -0.15) is 0 Å². The summed E-state index contributed by atoms with van der Waals surface area (Å²) >= 11 is 3.66. The largest absolute Gasteiger partial charge is 0.356 e. The summed E-state index contributed by atoms with van der Waals surface area (Å²) in [6.45, 7) is 3.01. The van der Waals surface area contributed by atoms with Gasteiger partial charge in [0.2, 0.25) is 5.91 Å². The fourth-order valence-electron chi connectivity index (χ4n) is 3.21. The van der Waals surface area contributed by atoms with E-state index in [9.17, 15) is 9.59 Å². The van der Waals surface area contributed by atoms with Gasteiger partial charge < -0.3 is 5.32 Å². The molecule has 1 N–H and O–H groups in total. The average Bonchev–Trinajstić information content (AvgIpc) is 2.62. The minimum atomic E-state index is -0.220. The van der Waals surface area contributed by atoms with E-state index in [1.807, 2.05) is 0 Å². The molecular formula is C22H43NO2S. The predicted molar refractivity (Wildman–Crippen MR) is 116 cm³/mol. The van der Waals surface area contributed by atoms with Gasteiger partial charge in [-0.15, -0.1) is 12.6 Å². The summed E-state index contributed by atoms with van der Waals surface area (Å²) in [5, 5.41) is 2.64. The van der Waals surface area contributed by atoms with E-state index >= 15 is 0 Å². The lowest BCUT2D eigenvalue weighted by Gasteiger charge is -2.05. The van der Waals surface area contributed by atoms with Crippen LogP contribution in [0.5, 0.6) is 0 Å². The maximum atomic E-state index is 11.4. The number of thiol groups is 1. The van der Waals surface area contributed by atoms with Gasteiger partial charge in [0.05, 0.1) is 0 Å². The third-order valence-electron chi connectivity index (χ3n) is 4.92. The second-order valence-electron chi connectivity index (χ2n) is 7.55. The smallest absolute Gasteiger partial charge is 0.220 e. The van der Waals surface area contributed by atoms with Crippen LogP contribution in [0.4, 0.5) is 0 Å². The highest BCUT2D eigenvalue weighted by Crippen LogP contribution is 2.13. The molecule has 0 radical (unpaired) electrons. The van der Waals surface area contributed by atoms with Gasteiger partial charge in [-0.1, -0.05) is 103 Å². The lowest BCUT2D eigenvalue weighted by atomic mass is 10.0. The van der Waals surface area contributed by atoms with Gasteiger partial charge in [-0.25, -0.2) is 0 Å². The normalized spacial score (nSPS) is 10.8. The molecule has 0 aromatic carbocycles. The van der Waals surface area contributed by atoms with Gasteiger partial charge in [0.25, 0.3) is 0 Å². The van der Waals surface area contributed by atoms with E-state index in [2.05, 4.69) is 24.9 Å². The van der Waals surface area contributed by atoms with E-state index in [0.717, 1.165) is 13.0 Å². The number of nitrogens with one attached hydrogen (secondary N) is 1. The zero-order valence-corrected chi connectivity index (χ0v) is 18.1. The molecule has 0 saturated carbocycles. The Morgan fingerprint density at radius 2 is 1.00 bits per heavy atom. The SMILES string of the molecule is CCCCCCCCCCCCCCCCCCNC(=O)CCC(=O)S. The van der Waals surface area contributed by atoms with Gasteiger partial charge in [0.15, 0.2) is 5.12 Å². The summed E-state index contributed by atoms with van der Waals surface area (Å²) in [5.74, 6) is -0.0339. The van der Waals surface area contributed by atoms with Crippen LogP contribution in [0.15, 0.2) is 0 Å². The Morgan fingerprint density at radius 3 is 1.38 bits per heavy atom. The Hall–Kier alpha value is -0.510. The minimum absolute atomic E-state index is 0.0339. The van der Waals surface area contributed by atoms with Crippen molar-refractivity contribution in [3.8, 4) is 0 Å². The fourth-order valence-corrected chi connectivity index (χ4v) is 3.32. The first-order valence-corrected chi connectivity index (χ1v) is 11.6. The maximum absolute atomic E-state index is 11.4. The van der Waals surface area contributed by atoms with Crippen molar-refractivity contribution in [1.29, 1.82) is 0 Å². The van der Waals surface area contributed by atoms with Crippen LogP contribution in [-0.2, 0) is 9.59 Å². The zero-order valence-electron chi connectivity index (χ0n) is 17.2. The number of unbranched alkanes of at least 4 members (excludes halogenated alkanes) is 15. The lowest BCUT2D eigenvalue weighted by Crippen LogP contribution is -2.24. The standard InChI is InChI=1S/C22H43NO2S/c1-2-3-4-5-6-7-8-9-10-11-12-13-14-15-16-17-20-23-21(24)18-19-22(25)26/h2-20H2,1H3,(H,23,24)(H,25,26). The quantitative estimate of drug-likeness (QED) is 0.183. The van der Waals surface area contributed by atoms with E-state index in [-0.39, 0.29) is 23.9 Å². The van der Waals surface area contributed by atoms with E-state index in [1.54, 1.807) is 0 Å². The fraction of sp³-hybridized carbons (Fsp3) is 0.909. The monoisotopic (exact) mass is 385 g/mol. The van der Waals surface area contributed by atoms with Crippen molar-refractivity contribution in [2.24, 2.45) is 0 Å². The van der Waals surface area contributed by atoms with Crippen molar-refractivity contribution in [3.05, 3.63) is 0 Å². The van der Waals surface area contributed by atoms with Crippen LogP contribution < -0.4 is 5.32 Å². The topological polar surface area (TPSA) is 46.2 Å². The van der Waals surface area contributed by atoms with Crippen LogP contribution in [0, 0.1) is 0 Å². The zero-order chi connectivity index (χ0) is 19.3. The lowest BCUT2D eigenvalue weighted by molar-refractivity contribution is -0.123. The van der Waals surface area contributed by atoms with Gasteiger partial charge in [-0.05, 0) is 6.42 Å². The molecule has 0 rings (SSSR count). The molecule has 0 aromatic heterocycles. The maximum Gasteiger partial charge on any atom is 0.220 e. The number of carbonyl (C=O) groups excluding carboxylic acids is 2. The Morgan fingerprint density at radius 1 is 0.615 bits per heavy atom. The summed E-state index contributed by atoms with van der Waals surface area (Å²) in [4.78, 5) is 22.1. The van der Waals surface area contributed by atoms with E-state index in [0.29, 0.717) is 0 Å². The number of rotatable bonds is 20. The van der Waals surface area contributed by atoms with Crippen LogP contribution in [0.1, 0.15) is 122 Å². The number of carbonyl (C=O) groups is 2. The third-order valence-corrected chi connectivity index (χ3v) is 5.14. The molecule has 1 amide bonds. The summed E-state index contributed by atoms with van der Waals surface area (Å²) < 4.78 is 0. The van der Waals surface area contributed by atoms with Crippen LogP contribution in [0.3, 0.4) is 0 Å². The number of hydrogen-bond donors (Lipinski definition) is 2. The van der Waals surface area contributed by atoms with Crippen LogP contribution in [0.25, 0.3) is 0 Å². The average molecular weight is 386 g/mol. The molecular weight excluding hydrogens is 342 g/mol. The molecule has 3 nitrogen and oxygen atoms in total. The van der Waals surface area contributed by atoms with Crippen LogP contribution >= 0.6 is 12.6 Å². The molecule has 0 heterocycles. The first-order valence-electron chi connectivity index (χ1n) is 11.1. The van der Waals surface area contributed by atoms with Crippen LogP contribution in [-0.4, -0.2) is 17.6 Å². The van der Waals surface area contributed by atoms with Gasteiger partial charge in [0, 0.05) is 19.4 Å². The molecule has 0 aliphatic carbocycles. The molecule has 0 unspecified atom stereocenters. The molecule has 154 valence electrons. The Bertz CT molecular complexity index is 334. The molecule has 26 heavy (non-hydrogen) atoms. The summed E-state index contributed by atoms with van der Waals surface area (Å²) in [5.41, 5.74) is 0. The van der Waals surface area contributed by atoms with Crippen molar-refractivity contribution in [2.75, 3.05) is 6.54 Å². The second kappa shape index (κ2) is 20.8. The van der Waals surface area contributed by atoms with Crippen LogP contribution in [0.2, 0.25) is 0 Å². The molecule has 0 aromatic rings. The van der Waals surface area contributed by atoms with E-state index < -0.39 is 0 Å². The van der Waals surface area contributed by atoms with E-state index in [1.165, 1.54) is 96.3 Å². The summed E-state index contributed by atoms with van der Waals surface area (Å²) in [6, 6.07) is 0.